The number of hydrogen-bond acceptors (Lipinski definition) is 8. The Morgan fingerprint density at radius 1 is 0.776 bits per heavy atom. The van der Waals surface area contributed by atoms with E-state index in [0.29, 0.717) is 12.0 Å². The van der Waals surface area contributed by atoms with Gasteiger partial charge in [-0.1, -0.05) is 124 Å². The van der Waals surface area contributed by atoms with Gasteiger partial charge in [-0.05, 0) is 41.9 Å². The van der Waals surface area contributed by atoms with Crippen molar-refractivity contribution in [1.29, 1.82) is 0 Å². The fraction of sp³-hybridized carbons (Fsp3) is 0.432. The third-order valence-corrected chi connectivity index (χ3v) is 10.6. The van der Waals surface area contributed by atoms with Gasteiger partial charge < -0.3 is 36.0 Å². The molecule has 1 saturated carbocycles. The first-order chi connectivity index (χ1) is 28.0. The van der Waals surface area contributed by atoms with Crippen molar-refractivity contribution in [1.82, 2.24) is 26.2 Å². The molecular weight excluding hydrogens is 743 g/mol. The van der Waals surface area contributed by atoms with E-state index in [9.17, 15) is 38.7 Å². The van der Waals surface area contributed by atoms with Crippen molar-refractivity contribution in [2.24, 2.45) is 5.92 Å². The first kappa shape index (κ1) is 43.2. The molecule has 308 valence electrons. The highest BCUT2D eigenvalue weighted by atomic mass is 16.5. The van der Waals surface area contributed by atoms with E-state index in [0.717, 1.165) is 43.2 Å². The lowest BCUT2D eigenvalue weighted by atomic mass is 9.83. The quantitative estimate of drug-likeness (QED) is 0.113. The summed E-state index contributed by atoms with van der Waals surface area (Å²) in [7, 11) is 0. The van der Waals surface area contributed by atoms with Crippen LogP contribution in [0.5, 0.6) is 0 Å². The third-order valence-electron chi connectivity index (χ3n) is 10.6. The maximum absolute atomic E-state index is 14.6. The van der Waals surface area contributed by atoms with Crippen LogP contribution in [0, 0.1) is 5.92 Å². The number of ether oxygens (including phenoxy) is 1. The lowest BCUT2D eigenvalue weighted by molar-refractivity contribution is -0.144. The van der Waals surface area contributed by atoms with Crippen LogP contribution in [-0.2, 0) is 51.3 Å². The molecule has 1 saturated heterocycles. The summed E-state index contributed by atoms with van der Waals surface area (Å²) in [4.78, 5) is 94.7. The second kappa shape index (κ2) is 21.6. The van der Waals surface area contributed by atoms with Gasteiger partial charge in [0.25, 0.3) is 5.91 Å². The number of benzene rings is 3. The molecule has 0 spiro atoms. The van der Waals surface area contributed by atoms with Crippen molar-refractivity contribution in [3.05, 3.63) is 108 Å². The zero-order valence-electron chi connectivity index (χ0n) is 32.8. The van der Waals surface area contributed by atoms with Crippen molar-refractivity contribution in [3.63, 3.8) is 0 Å². The Morgan fingerprint density at radius 3 is 2.02 bits per heavy atom. The van der Waals surface area contributed by atoms with Crippen LogP contribution in [0.15, 0.2) is 91.0 Å². The summed E-state index contributed by atoms with van der Waals surface area (Å²) in [5.74, 6) is -5.78. The molecule has 0 bridgehead atoms. The average molecular weight is 796 g/mol. The predicted molar refractivity (Wildman–Crippen MR) is 214 cm³/mol. The number of hydrogen-bond donors (Lipinski definition) is 5. The molecule has 5 N–H and O–H groups in total. The fourth-order valence-corrected chi connectivity index (χ4v) is 7.61. The van der Waals surface area contributed by atoms with Crippen LogP contribution in [0.25, 0.3) is 0 Å². The largest absolute Gasteiger partial charge is 0.479 e. The minimum Gasteiger partial charge on any atom is -0.479 e. The first-order valence-electron chi connectivity index (χ1n) is 20.0. The van der Waals surface area contributed by atoms with E-state index in [-0.39, 0.29) is 44.2 Å². The molecule has 5 unspecified atom stereocenters. The summed E-state index contributed by atoms with van der Waals surface area (Å²) < 4.78 is 6.23. The second-order valence-corrected chi connectivity index (χ2v) is 14.9. The number of aliphatic carboxylic acids is 1. The molecule has 5 amide bonds. The smallest absolute Gasteiger partial charge is 0.330 e. The van der Waals surface area contributed by atoms with Gasteiger partial charge in [0.15, 0.2) is 6.04 Å². The lowest BCUT2D eigenvalue weighted by Gasteiger charge is -2.35. The summed E-state index contributed by atoms with van der Waals surface area (Å²) in [6.07, 6.45) is 4.49. The first-order valence-corrected chi connectivity index (χ1v) is 20.0. The SMILES string of the molecule is CCCC(NC(=O)C1CC(OCc2ccccc2)CN1C(=O)C(NC(=O)Cc1ccccc1)C1CCCCC1)C(=O)C(=O)NCC(=O)NC(C(=O)O)c1ccccc1. The van der Waals surface area contributed by atoms with Crippen molar-refractivity contribution < 1.29 is 43.4 Å². The van der Waals surface area contributed by atoms with E-state index in [1.165, 1.54) is 17.0 Å². The van der Waals surface area contributed by atoms with Crippen molar-refractivity contribution in [2.75, 3.05) is 13.1 Å². The number of Topliss-reactive ketones (excluding diaryl/α,β-unsaturated/α-hetero) is 1. The third kappa shape index (κ3) is 12.3. The number of nitrogens with one attached hydrogen (secondary N) is 4. The van der Waals surface area contributed by atoms with Crippen LogP contribution >= 0.6 is 0 Å². The van der Waals surface area contributed by atoms with Gasteiger partial charge >= 0.3 is 5.97 Å². The van der Waals surface area contributed by atoms with E-state index in [4.69, 9.17) is 4.74 Å². The maximum atomic E-state index is 14.6. The molecular formula is C44H53N5O9. The van der Waals surface area contributed by atoms with Crippen LogP contribution < -0.4 is 21.3 Å². The highest BCUT2D eigenvalue weighted by molar-refractivity contribution is 6.38. The average Bonchev–Trinajstić information content (AvgIpc) is 3.68. The molecule has 2 aliphatic rings. The minimum absolute atomic E-state index is 0.0733. The normalized spacial score (nSPS) is 18.3. The number of carboxylic acid groups (broad SMARTS) is 1. The summed E-state index contributed by atoms with van der Waals surface area (Å²) in [5, 5.41) is 19.9. The molecule has 1 heterocycles. The molecule has 58 heavy (non-hydrogen) atoms. The Morgan fingerprint density at radius 2 is 1.40 bits per heavy atom. The van der Waals surface area contributed by atoms with Gasteiger partial charge in [0, 0.05) is 13.0 Å². The van der Waals surface area contributed by atoms with E-state index in [1.807, 2.05) is 60.7 Å². The number of likely N-dealkylation sites (tertiary alicyclic amines) is 1. The van der Waals surface area contributed by atoms with Gasteiger partial charge in [-0.2, -0.15) is 0 Å². The van der Waals surface area contributed by atoms with Crippen LogP contribution in [-0.4, -0.2) is 88.6 Å². The van der Waals surface area contributed by atoms with Gasteiger partial charge in [0.05, 0.1) is 31.7 Å². The van der Waals surface area contributed by atoms with Gasteiger partial charge in [0.2, 0.25) is 29.4 Å². The Labute approximate surface area is 338 Å². The lowest BCUT2D eigenvalue weighted by Crippen LogP contribution is -2.58. The summed E-state index contributed by atoms with van der Waals surface area (Å²) >= 11 is 0. The second-order valence-electron chi connectivity index (χ2n) is 14.9. The monoisotopic (exact) mass is 795 g/mol. The van der Waals surface area contributed by atoms with Crippen LogP contribution in [0.2, 0.25) is 0 Å². The highest BCUT2D eigenvalue weighted by Gasteiger charge is 2.45. The van der Waals surface area contributed by atoms with Crippen LogP contribution in [0.4, 0.5) is 0 Å². The van der Waals surface area contributed by atoms with Crippen LogP contribution in [0.1, 0.15) is 81.0 Å². The topological polar surface area (TPSA) is 200 Å². The molecule has 0 aromatic heterocycles. The summed E-state index contributed by atoms with van der Waals surface area (Å²) in [5.41, 5.74) is 2.03. The molecule has 3 aromatic rings. The van der Waals surface area contributed by atoms with Gasteiger partial charge in [-0.25, -0.2) is 4.79 Å². The van der Waals surface area contributed by atoms with Gasteiger partial charge in [-0.15, -0.1) is 0 Å². The van der Waals surface area contributed by atoms with Gasteiger partial charge in [-0.3, -0.25) is 28.8 Å². The number of ketones is 1. The van der Waals surface area contributed by atoms with Crippen molar-refractivity contribution >= 4 is 41.3 Å². The zero-order valence-corrected chi connectivity index (χ0v) is 32.8. The molecule has 1 aliphatic heterocycles. The number of amides is 5. The molecule has 0 radical (unpaired) electrons. The molecule has 5 atom stereocenters. The molecule has 14 heteroatoms. The number of nitrogens with zero attached hydrogens (tertiary/aromatic N) is 1. The Kier molecular flexibility index (Phi) is 16.1. The van der Waals surface area contributed by atoms with E-state index >= 15 is 0 Å². The van der Waals surface area contributed by atoms with Crippen LogP contribution in [0.3, 0.4) is 0 Å². The van der Waals surface area contributed by atoms with Crippen molar-refractivity contribution in [3.8, 4) is 0 Å². The number of carbonyl (C=O) groups excluding carboxylic acids is 6. The maximum Gasteiger partial charge on any atom is 0.330 e. The summed E-state index contributed by atoms with van der Waals surface area (Å²) in [6.45, 7) is 1.41. The molecule has 2 fully saturated rings. The van der Waals surface area contributed by atoms with E-state index < -0.39 is 72.2 Å². The predicted octanol–water partition coefficient (Wildman–Crippen LogP) is 3.39. The highest BCUT2D eigenvalue weighted by Crippen LogP contribution is 2.30. The van der Waals surface area contributed by atoms with E-state index in [2.05, 4.69) is 21.3 Å². The Balaban J connectivity index is 1.29. The standard InChI is InChI=1S/C44H53N5O9/c1-2-15-34(40(52)42(54)45-26-37(51)48-39(44(56)57)32-22-13-6-14-23-32)46-41(53)35-25-33(58-28-30-18-9-4-10-19-30)27-49(35)43(55)38(31-20-11-5-12-21-31)47-36(50)24-29-16-7-3-8-17-29/h3-4,6-10,13-14,16-19,22-23,31,33-35,38-39H,2,5,11-12,15,20-21,24-28H2,1H3,(H,45,54)(H,46,53)(H,47,50)(H,48,51)(H,56,57). The Bertz CT molecular complexity index is 1870. The Hall–Kier alpha value is -5.89. The molecule has 3 aromatic carbocycles. The van der Waals surface area contributed by atoms with E-state index in [1.54, 1.807) is 25.1 Å². The molecule has 5 rings (SSSR count). The van der Waals surface area contributed by atoms with Gasteiger partial charge in [0.1, 0.15) is 12.1 Å². The number of carbonyl (C=O) groups is 7. The molecule has 1 aliphatic carbocycles. The number of carboxylic acids is 1. The number of rotatable bonds is 19. The zero-order chi connectivity index (χ0) is 41.4. The molecule has 14 nitrogen and oxygen atoms in total. The fourth-order valence-electron chi connectivity index (χ4n) is 7.61. The minimum atomic E-state index is -1.37. The van der Waals surface area contributed by atoms with Crippen molar-refractivity contribution in [2.45, 2.75) is 102 Å². The summed E-state index contributed by atoms with van der Waals surface area (Å²) in [6, 6.07) is 22.1.